The molecule has 0 bridgehead atoms. The SMILES string of the molecule is COC1CCN(Cc2cc(N)ccc2Cl)C(C)C1. The zero-order valence-corrected chi connectivity index (χ0v) is 11.8. The van der Waals surface area contributed by atoms with E-state index >= 15 is 0 Å². The van der Waals surface area contributed by atoms with Crippen LogP contribution in [0, 0.1) is 0 Å². The standard InChI is InChI=1S/C14H21ClN2O/c1-10-7-13(18-2)5-6-17(10)9-11-8-12(16)3-4-14(11)15/h3-4,8,10,13H,5-7,9,16H2,1-2H3. The lowest BCUT2D eigenvalue weighted by Crippen LogP contribution is -2.42. The topological polar surface area (TPSA) is 38.5 Å². The van der Waals surface area contributed by atoms with E-state index in [0.29, 0.717) is 12.1 Å². The summed E-state index contributed by atoms with van der Waals surface area (Å²) in [4.78, 5) is 2.44. The number of halogens is 1. The van der Waals surface area contributed by atoms with Crippen LogP contribution in [0.1, 0.15) is 25.3 Å². The number of anilines is 1. The van der Waals surface area contributed by atoms with Crippen LogP contribution in [-0.4, -0.2) is 30.7 Å². The number of hydrogen-bond donors (Lipinski definition) is 1. The lowest BCUT2D eigenvalue weighted by atomic mass is 10.00. The van der Waals surface area contributed by atoms with Crippen LogP contribution in [0.15, 0.2) is 18.2 Å². The van der Waals surface area contributed by atoms with Crippen molar-refractivity contribution < 1.29 is 4.74 Å². The first kappa shape index (κ1) is 13.7. The van der Waals surface area contributed by atoms with Crippen molar-refractivity contribution in [2.75, 3.05) is 19.4 Å². The van der Waals surface area contributed by atoms with Gasteiger partial charge in [-0.15, -0.1) is 0 Å². The van der Waals surface area contributed by atoms with Gasteiger partial charge in [-0.25, -0.2) is 0 Å². The minimum absolute atomic E-state index is 0.396. The third-order valence-electron chi connectivity index (χ3n) is 3.74. The molecule has 0 spiro atoms. The third-order valence-corrected chi connectivity index (χ3v) is 4.11. The molecule has 0 amide bonds. The first-order valence-corrected chi connectivity index (χ1v) is 6.78. The van der Waals surface area contributed by atoms with Gasteiger partial charge >= 0.3 is 0 Å². The van der Waals surface area contributed by atoms with E-state index in [4.69, 9.17) is 22.1 Å². The Morgan fingerprint density at radius 1 is 1.50 bits per heavy atom. The van der Waals surface area contributed by atoms with Crippen molar-refractivity contribution in [1.29, 1.82) is 0 Å². The average Bonchev–Trinajstić information content (AvgIpc) is 2.36. The van der Waals surface area contributed by atoms with Gasteiger partial charge < -0.3 is 10.5 Å². The average molecular weight is 269 g/mol. The molecule has 4 heteroatoms. The van der Waals surface area contributed by atoms with E-state index in [2.05, 4.69) is 11.8 Å². The van der Waals surface area contributed by atoms with Crippen LogP contribution in [0.4, 0.5) is 5.69 Å². The predicted molar refractivity (Wildman–Crippen MR) is 75.8 cm³/mol. The summed E-state index contributed by atoms with van der Waals surface area (Å²) in [6.07, 6.45) is 2.56. The summed E-state index contributed by atoms with van der Waals surface area (Å²) in [5.41, 5.74) is 7.70. The van der Waals surface area contributed by atoms with Crippen LogP contribution in [-0.2, 0) is 11.3 Å². The third kappa shape index (κ3) is 3.16. The fraction of sp³-hybridized carbons (Fsp3) is 0.571. The van der Waals surface area contributed by atoms with Gasteiger partial charge in [0.15, 0.2) is 0 Å². The van der Waals surface area contributed by atoms with E-state index in [-0.39, 0.29) is 0 Å². The van der Waals surface area contributed by atoms with E-state index < -0.39 is 0 Å². The van der Waals surface area contributed by atoms with Crippen molar-refractivity contribution in [3.05, 3.63) is 28.8 Å². The maximum atomic E-state index is 6.21. The van der Waals surface area contributed by atoms with E-state index in [1.807, 2.05) is 18.2 Å². The first-order valence-electron chi connectivity index (χ1n) is 6.41. The van der Waals surface area contributed by atoms with Crippen LogP contribution in [0.5, 0.6) is 0 Å². The van der Waals surface area contributed by atoms with Gasteiger partial charge in [0.1, 0.15) is 0 Å². The second kappa shape index (κ2) is 5.91. The highest BCUT2D eigenvalue weighted by Gasteiger charge is 2.25. The monoisotopic (exact) mass is 268 g/mol. The van der Waals surface area contributed by atoms with Crippen LogP contribution in [0.3, 0.4) is 0 Å². The summed E-state index contributed by atoms with van der Waals surface area (Å²) in [5.74, 6) is 0. The molecule has 0 aliphatic carbocycles. The molecule has 2 atom stereocenters. The minimum atomic E-state index is 0.396. The molecule has 1 fully saturated rings. The van der Waals surface area contributed by atoms with Gasteiger partial charge in [-0.3, -0.25) is 4.90 Å². The second-order valence-corrected chi connectivity index (χ2v) is 5.46. The quantitative estimate of drug-likeness (QED) is 0.857. The molecule has 1 aliphatic rings. The van der Waals surface area contributed by atoms with E-state index in [1.165, 1.54) is 0 Å². The molecule has 1 aromatic rings. The maximum Gasteiger partial charge on any atom is 0.0598 e. The van der Waals surface area contributed by atoms with Crippen molar-refractivity contribution >= 4 is 17.3 Å². The summed E-state index contributed by atoms with van der Waals surface area (Å²) >= 11 is 6.21. The number of piperidine rings is 1. The first-order chi connectivity index (χ1) is 8.60. The molecular weight excluding hydrogens is 248 g/mol. The Labute approximate surface area is 114 Å². The summed E-state index contributed by atoms with van der Waals surface area (Å²) in [6.45, 7) is 4.15. The molecule has 1 heterocycles. The number of nitrogen functional groups attached to an aromatic ring is 1. The number of likely N-dealkylation sites (tertiary alicyclic amines) is 1. The predicted octanol–water partition coefficient (Wildman–Crippen LogP) is 2.92. The molecule has 1 aliphatic heterocycles. The Hall–Kier alpha value is -0.770. The number of ether oxygens (including phenoxy) is 1. The zero-order chi connectivity index (χ0) is 13.1. The molecule has 1 aromatic carbocycles. The maximum absolute atomic E-state index is 6.21. The fourth-order valence-electron chi connectivity index (χ4n) is 2.56. The molecule has 0 radical (unpaired) electrons. The molecule has 2 rings (SSSR count). The van der Waals surface area contributed by atoms with Crippen LogP contribution in [0.25, 0.3) is 0 Å². The molecule has 3 nitrogen and oxygen atoms in total. The normalized spacial score (nSPS) is 25.3. The van der Waals surface area contributed by atoms with Gasteiger partial charge in [0, 0.05) is 37.0 Å². The van der Waals surface area contributed by atoms with Gasteiger partial charge in [0.05, 0.1) is 6.10 Å². The Morgan fingerprint density at radius 2 is 2.28 bits per heavy atom. The highest BCUT2D eigenvalue weighted by molar-refractivity contribution is 6.31. The van der Waals surface area contributed by atoms with Crippen molar-refractivity contribution in [1.82, 2.24) is 4.90 Å². The summed E-state index contributed by atoms with van der Waals surface area (Å²) in [7, 11) is 1.79. The van der Waals surface area contributed by atoms with Crippen molar-refractivity contribution in [2.24, 2.45) is 0 Å². The van der Waals surface area contributed by atoms with E-state index in [9.17, 15) is 0 Å². The highest BCUT2D eigenvalue weighted by Crippen LogP contribution is 2.25. The Morgan fingerprint density at radius 3 is 2.94 bits per heavy atom. The lowest BCUT2D eigenvalue weighted by molar-refractivity contribution is 0.0130. The van der Waals surface area contributed by atoms with E-state index in [0.717, 1.165) is 42.2 Å². The van der Waals surface area contributed by atoms with Crippen molar-refractivity contribution in [3.63, 3.8) is 0 Å². The molecule has 100 valence electrons. The van der Waals surface area contributed by atoms with Crippen molar-refractivity contribution in [2.45, 2.75) is 38.5 Å². The molecule has 1 saturated heterocycles. The fourth-order valence-corrected chi connectivity index (χ4v) is 2.74. The molecule has 18 heavy (non-hydrogen) atoms. The van der Waals surface area contributed by atoms with Gasteiger partial charge in [-0.2, -0.15) is 0 Å². The second-order valence-electron chi connectivity index (χ2n) is 5.05. The van der Waals surface area contributed by atoms with Crippen LogP contribution < -0.4 is 5.73 Å². The number of hydrogen-bond acceptors (Lipinski definition) is 3. The molecule has 2 N–H and O–H groups in total. The zero-order valence-electron chi connectivity index (χ0n) is 11.0. The number of benzene rings is 1. The van der Waals surface area contributed by atoms with Gasteiger partial charge in [-0.05, 0) is 43.5 Å². The van der Waals surface area contributed by atoms with Gasteiger partial charge in [0.2, 0.25) is 0 Å². The Balaban J connectivity index is 2.03. The largest absolute Gasteiger partial charge is 0.399 e. The van der Waals surface area contributed by atoms with Crippen LogP contribution >= 0.6 is 11.6 Å². The highest BCUT2D eigenvalue weighted by atomic mass is 35.5. The van der Waals surface area contributed by atoms with Crippen LogP contribution in [0.2, 0.25) is 5.02 Å². The smallest absolute Gasteiger partial charge is 0.0598 e. The number of rotatable bonds is 3. The number of nitrogens with zero attached hydrogens (tertiary/aromatic N) is 1. The Bertz CT molecular complexity index is 411. The number of methoxy groups -OCH3 is 1. The lowest BCUT2D eigenvalue weighted by Gasteiger charge is -2.37. The molecule has 0 saturated carbocycles. The van der Waals surface area contributed by atoms with E-state index in [1.54, 1.807) is 7.11 Å². The van der Waals surface area contributed by atoms with Crippen molar-refractivity contribution in [3.8, 4) is 0 Å². The molecule has 0 aromatic heterocycles. The number of nitrogens with two attached hydrogens (primary N) is 1. The van der Waals surface area contributed by atoms with Gasteiger partial charge in [0.25, 0.3) is 0 Å². The molecular formula is C14H21ClN2O. The van der Waals surface area contributed by atoms with Gasteiger partial charge in [-0.1, -0.05) is 11.6 Å². The summed E-state index contributed by atoms with van der Waals surface area (Å²) in [5, 5.41) is 0.797. The summed E-state index contributed by atoms with van der Waals surface area (Å²) < 4.78 is 5.43. The Kier molecular flexibility index (Phi) is 4.49. The minimum Gasteiger partial charge on any atom is -0.399 e. The summed E-state index contributed by atoms with van der Waals surface area (Å²) in [6, 6.07) is 6.20. The molecule has 2 unspecified atom stereocenters.